The van der Waals surface area contributed by atoms with E-state index in [9.17, 15) is 0 Å². The number of allylic oxidation sites excluding steroid dienone is 1. The van der Waals surface area contributed by atoms with Crippen LogP contribution in [0.2, 0.25) is 0 Å². The van der Waals surface area contributed by atoms with Gasteiger partial charge in [0.1, 0.15) is 0 Å². The highest BCUT2D eigenvalue weighted by molar-refractivity contribution is 5.48. The van der Waals surface area contributed by atoms with Crippen molar-refractivity contribution >= 4 is 6.05 Å². The molecule has 0 saturated heterocycles. The largest absolute Gasteiger partial charge is 0.0839 e. The molecule has 0 radical (unpaired) electrons. The van der Waals surface area contributed by atoms with Crippen LogP contribution in [-0.4, -0.2) is 0 Å². The van der Waals surface area contributed by atoms with Gasteiger partial charge in [-0.15, -0.1) is 0 Å². The maximum absolute atomic E-state index is 7.89. The molecule has 0 nitrogen and oxygen atoms in total. The van der Waals surface area contributed by atoms with E-state index in [0.717, 1.165) is 18.4 Å². The highest BCUT2D eigenvalue weighted by Gasteiger charge is 1.85. The summed E-state index contributed by atoms with van der Waals surface area (Å²) in [7, 11) is 0. The fraction of sp³-hybridized carbons (Fsp3) is 0.429. The van der Waals surface area contributed by atoms with Gasteiger partial charge in [-0.25, -0.2) is 0 Å². The second-order valence-corrected chi connectivity index (χ2v) is 3.48. The number of benzene rings is 1. The molecule has 0 amide bonds. The van der Waals surface area contributed by atoms with E-state index in [1.807, 2.05) is 30.3 Å². The van der Waals surface area contributed by atoms with Crippen LogP contribution in [0.3, 0.4) is 0 Å². The lowest BCUT2D eigenvalue weighted by molar-refractivity contribution is 0.675. The van der Waals surface area contributed by atoms with Gasteiger partial charge < -0.3 is 0 Å². The van der Waals surface area contributed by atoms with Crippen molar-refractivity contribution in [1.82, 2.24) is 0 Å². The Morgan fingerprint density at radius 3 is 2.64 bits per heavy atom. The molecule has 1 aromatic rings. The smallest absolute Gasteiger partial charge is 0.0626 e. The SMILES string of the molecule is [2H]/C(CCCCCC)=C(\[2H])c1ccccc1. The first-order chi connectivity index (χ1) is 7.75. The Morgan fingerprint density at radius 1 is 1.14 bits per heavy atom. The van der Waals surface area contributed by atoms with Crippen molar-refractivity contribution in [1.29, 1.82) is 0 Å². The average molecular weight is 190 g/mol. The first kappa shape index (κ1) is 8.28. The van der Waals surface area contributed by atoms with E-state index in [0.29, 0.717) is 12.1 Å². The average Bonchev–Trinajstić information content (AvgIpc) is 2.34. The number of rotatable bonds is 6. The molecule has 76 valence electrons. The summed E-state index contributed by atoms with van der Waals surface area (Å²) < 4.78 is 15.7. The van der Waals surface area contributed by atoms with Crippen molar-refractivity contribution in [2.45, 2.75) is 39.0 Å². The number of hydrogen-bond donors (Lipinski definition) is 0. The summed E-state index contributed by atoms with van der Waals surface area (Å²) >= 11 is 0. The van der Waals surface area contributed by atoms with Gasteiger partial charge in [0.2, 0.25) is 0 Å². The van der Waals surface area contributed by atoms with Gasteiger partial charge >= 0.3 is 0 Å². The predicted octanol–water partition coefficient (Wildman–Crippen LogP) is 4.67. The van der Waals surface area contributed by atoms with E-state index in [1.54, 1.807) is 0 Å². The van der Waals surface area contributed by atoms with Gasteiger partial charge in [-0.3, -0.25) is 0 Å². The third-order valence-corrected chi connectivity index (χ3v) is 2.16. The van der Waals surface area contributed by atoms with E-state index < -0.39 is 0 Å². The minimum atomic E-state index is 0.372. The monoisotopic (exact) mass is 190 g/mol. The van der Waals surface area contributed by atoms with E-state index in [2.05, 4.69) is 6.92 Å². The Hall–Kier alpha value is -1.04. The summed E-state index contributed by atoms with van der Waals surface area (Å²) in [6.07, 6.45) is 5.37. The molecular formula is C14H20. The number of unbranched alkanes of at least 4 members (excludes halogenated alkanes) is 3. The Labute approximate surface area is 90.5 Å². The quantitative estimate of drug-likeness (QED) is 0.572. The van der Waals surface area contributed by atoms with Crippen molar-refractivity contribution in [2.75, 3.05) is 0 Å². The van der Waals surface area contributed by atoms with Crippen LogP contribution in [0, 0.1) is 0 Å². The molecule has 14 heavy (non-hydrogen) atoms. The van der Waals surface area contributed by atoms with Crippen LogP contribution >= 0.6 is 0 Å². The lowest BCUT2D eigenvalue weighted by Gasteiger charge is -1.94. The lowest BCUT2D eigenvalue weighted by Crippen LogP contribution is -1.74. The van der Waals surface area contributed by atoms with Crippen LogP contribution in [0.1, 0.15) is 47.3 Å². The zero-order chi connectivity index (χ0) is 11.8. The fourth-order valence-corrected chi connectivity index (χ4v) is 1.33. The van der Waals surface area contributed by atoms with Crippen molar-refractivity contribution in [3.63, 3.8) is 0 Å². The van der Waals surface area contributed by atoms with Crippen LogP contribution in [0.15, 0.2) is 36.4 Å². The standard InChI is InChI=1S/C14H20/c1-2-3-4-5-6-8-11-14-12-9-7-10-13-14/h7-13H,2-6H2,1H3/b11-8-/i8D,11D. The molecule has 0 unspecified atom stereocenters. The van der Waals surface area contributed by atoms with Crippen LogP contribution in [-0.2, 0) is 0 Å². The molecule has 0 heterocycles. The summed E-state index contributed by atoms with van der Waals surface area (Å²) in [6, 6.07) is 10.4. The molecule has 1 rings (SSSR count). The topological polar surface area (TPSA) is 0 Å². The minimum absolute atomic E-state index is 0.372. The van der Waals surface area contributed by atoms with Gasteiger partial charge in [0.25, 0.3) is 0 Å². The highest BCUT2D eigenvalue weighted by atomic mass is 13.9. The third-order valence-electron chi connectivity index (χ3n) is 2.16. The molecule has 0 heteroatoms. The van der Waals surface area contributed by atoms with Gasteiger partial charge in [0.15, 0.2) is 0 Å². The third kappa shape index (κ3) is 4.86. The Kier molecular flexibility index (Phi) is 4.36. The Bertz CT molecular complexity index is 328. The Morgan fingerprint density at radius 2 is 1.93 bits per heavy atom. The fourth-order valence-electron chi connectivity index (χ4n) is 1.33. The molecule has 0 fully saturated rings. The van der Waals surface area contributed by atoms with Gasteiger partial charge in [-0.1, -0.05) is 68.6 Å². The van der Waals surface area contributed by atoms with Gasteiger partial charge in [0, 0.05) is 0 Å². The van der Waals surface area contributed by atoms with Crippen LogP contribution < -0.4 is 0 Å². The summed E-state index contributed by atoms with van der Waals surface area (Å²) in [5.41, 5.74) is 0.850. The van der Waals surface area contributed by atoms with Crippen molar-refractivity contribution in [2.24, 2.45) is 0 Å². The molecule has 0 N–H and O–H groups in total. The summed E-state index contributed by atoms with van der Waals surface area (Å²) in [6.45, 7) is 2.18. The van der Waals surface area contributed by atoms with Gasteiger partial charge in [-0.2, -0.15) is 0 Å². The van der Waals surface area contributed by atoms with Gasteiger partial charge in [0.05, 0.1) is 2.74 Å². The molecule has 0 spiro atoms. The second-order valence-electron chi connectivity index (χ2n) is 3.48. The first-order valence-corrected chi connectivity index (χ1v) is 5.47. The second kappa shape index (κ2) is 7.37. The Balaban J connectivity index is 2.52. The molecule has 0 aromatic heterocycles. The van der Waals surface area contributed by atoms with E-state index >= 15 is 0 Å². The number of hydrogen-bond acceptors (Lipinski definition) is 0. The molecule has 0 aliphatic carbocycles. The van der Waals surface area contributed by atoms with Crippen molar-refractivity contribution in [3.8, 4) is 0 Å². The van der Waals surface area contributed by atoms with Crippen molar-refractivity contribution in [3.05, 3.63) is 41.9 Å². The maximum Gasteiger partial charge on any atom is 0.0626 e. The van der Waals surface area contributed by atoms with E-state index in [4.69, 9.17) is 2.74 Å². The molecule has 0 bridgehead atoms. The molecular weight excluding hydrogens is 168 g/mol. The van der Waals surface area contributed by atoms with Crippen molar-refractivity contribution < 1.29 is 2.74 Å². The summed E-state index contributed by atoms with van der Waals surface area (Å²) in [5, 5.41) is 0. The molecule has 1 aromatic carbocycles. The molecule has 0 atom stereocenters. The molecule has 0 aliphatic rings. The normalized spacial score (nSPS) is 14.4. The summed E-state index contributed by atoms with van der Waals surface area (Å²) in [4.78, 5) is 0. The predicted molar refractivity (Wildman–Crippen MR) is 64.2 cm³/mol. The zero-order valence-electron chi connectivity index (χ0n) is 10.9. The van der Waals surface area contributed by atoms with Crippen LogP contribution in [0.4, 0.5) is 0 Å². The molecule has 0 saturated carbocycles. The van der Waals surface area contributed by atoms with Crippen LogP contribution in [0.5, 0.6) is 0 Å². The minimum Gasteiger partial charge on any atom is -0.0839 e. The maximum atomic E-state index is 7.89. The summed E-state index contributed by atoms with van der Waals surface area (Å²) in [5.74, 6) is 0. The van der Waals surface area contributed by atoms with E-state index in [-0.39, 0.29) is 0 Å². The first-order valence-electron chi connectivity index (χ1n) is 6.47. The lowest BCUT2D eigenvalue weighted by atomic mass is 10.1. The van der Waals surface area contributed by atoms with Crippen LogP contribution in [0.25, 0.3) is 6.05 Å². The van der Waals surface area contributed by atoms with E-state index in [1.165, 1.54) is 19.3 Å². The molecule has 0 aliphatic heterocycles. The highest BCUT2D eigenvalue weighted by Crippen LogP contribution is 2.06. The van der Waals surface area contributed by atoms with Gasteiger partial charge in [-0.05, 0) is 18.4 Å². The zero-order valence-corrected chi connectivity index (χ0v) is 8.92.